The Bertz CT molecular complexity index is 433. The molecule has 2 heterocycles. The lowest BCUT2D eigenvalue weighted by molar-refractivity contribution is 1.17. The Balaban J connectivity index is 0.00000112. The number of hydrogen-bond donors (Lipinski definition) is 0. The van der Waals surface area contributed by atoms with Gasteiger partial charge >= 0.3 is 0 Å². The summed E-state index contributed by atoms with van der Waals surface area (Å²) in [5, 5.41) is 0. The molecule has 0 radical (unpaired) electrons. The van der Waals surface area contributed by atoms with E-state index in [4.69, 9.17) is 0 Å². The predicted octanol–water partition coefficient (Wildman–Crippen LogP) is 3.40. The number of rotatable bonds is 1. The van der Waals surface area contributed by atoms with Gasteiger partial charge in [-0.3, -0.25) is 9.97 Å². The van der Waals surface area contributed by atoms with Crippen molar-refractivity contribution in [3.8, 4) is 11.3 Å². The van der Waals surface area contributed by atoms with Crippen molar-refractivity contribution in [1.29, 1.82) is 0 Å². The molecule has 0 fully saturated rings. The van der Waals surface area contributed by atoms with E-state index in [0.717, 1.165) is 22.6 Å². The van der Waals surface area contributed by atoms with Crippen LogP contribution in [0.15, 0.2) is 36.5 Å². The maximum absolute atomic E-state index is 4.43. The summed E-state index contributed by atoms with van der Waals surface area (Å²) in [4.78, 5) is 8.68. The minimum absolute atomic E-state index is 0. The molecule has 2 heteroatoms. The van der Waals surface area contributed by atoms with Gasteiger partial charge in [0.05, 0.1) is 5.69 Å². The molecule has 0 atom stereocenters. The molecule has 0 bridgehead atoms. The highest BCUT2D eigenvalue weighted by atomic mass is 14.7. The van der Waals surface area contributed by atoms with Gasteiger partial charge in [-0.15, -0.1) is 0 Å². The average Bonchev–Trinajstić information content (AvgIpc) is 2.19. The first-order valence-electron chi connectivity index (χ1n) is 4.62. The second kappa shape index (κ2) is 4.69. The zero-order valence-electron chi connectivity index (χ0n) is 8.36. The minimum Gasteiger partial charge on any atom is -0.261 e. The van der Waals surface area contributed by atoms with Gasteiger partial charge in [0.1, 0.15) is 0 Å². The van der Waals surface area contributed by atoms with E-state index in [1.165, 1.54) is 0 Å². The van der Waals surface area contributed by atoms with Crippen LogP contribution < -0.4 is 0 Å². The third-order valence-electron chi connectivity index (χ3n) is 2.10. The van der Waals surface area contributed by atoms with E-state index in [2.05, 4.69) is 9.97 Å². The van der Waals surface area contributed by atoms with Gasteiger partial charge in [0.2, 0.25) is 0 Å². The summed E-state index contributed by atoms with van der Waals surface area (Å²) in [5.41, 5.74) is 4.11. The Hall–Kier alpha value is -1.70. The first-order valence-corrected chi connectivity index (χ1v) is 4.62. The van der Waals surface area contributed by atoms with E-state index in [0.29, 0.717) is 0 Å². The van der Waals surface area contributed by atoms with Crippen LogP contribution in [0.25, 0.3) is 11.3 Å². The molecule has 0 aliphatic heterocycles. The number of nitrogens with zero attached hydrogens (tertiary/aromatic N) is 2. The Kier molecular flexibility index (Phi) is 3.56. The number of aryl methyl sites for hydroxylation is 2. The van der Waals surface area contributed by atoms with Crippen LogP contribution in [-0.2, 0) is 0 Å². The summed E-state index contributed by atoms with van der Waals surface area (Å²) in [5.74, 6) is 0. The molecule has 2 aromatic rings. The van der Waals surface area contributed by atoms with Crippen molar-refractivity contribution in [3.05, 3.63) is 47.9 Å². The van der Waals surface area contributed by atoms with Crippen molar-refractivity contribution >= 4 is 0 Å². The first kappa shape index (κ1) is 11.4. The molecule has 0 unspecified atom stereocenters. The molecule has 0 saturated heterocycles. The van der Waals surface area contributed by atoms with Gasteiger partial charge in [-0.05, 0) is 38.1 Å². The molecule has 0 aliphatic rings. The fraction of sp³-hybridized carbons (Fsp3) is 0.231. The maximum Gasteiger partial charge on any atom is 0.0720 e. The molecule has 0 saturated carbocycles. The number of pyridine rings is 2. The zero-order chi connectivity index (χ0) is 9.97. The van der Waals surface area contributed by atoms with E-state index in [1.807, 2.05) is 50.4 Å². The lowest BCUT2D eigenvalue weighted by atomic mass is 10.2. The smallest absolute Gasteiger partial charge is 0.0720 e. The second-order valence-electron chi connectivity index (χ2n) is 3.35. The van der Waals surface area contributed by atoms with Gasteiger partial charge in [0.15, 0.2) is 0 Å². The molecule has 2 nitrogen and oxygen atoms in total. The number of aromatic nitrogens is 2. The fourth-order valence-corrected chi connectivity index (χ4v) is 1.32. The highest BCUT2D eigenvalue weighted by Gasteiger charge is 1.98. The lowest BCUT2D eigenvalue weighted by Gasteiger charge is -2.01. The van der Waals surface area contributed by atoms with E-state index in [1.54, 1.807) is 0 Å². The Labute approximate surface area is 91.0 Å². The van der Waals surface area contributed by atoms with E-state index in [9.17, 15) is 0 Å². The highest BCUT2D eigenvalue weighted by molar-refractivity contribution is 5.57. The lowest BCUT2D eigenvalue weighted by Crippen LogP contribution is -1.87. The molecule has 0 amide bonds. The molecule has 0 N–H and O–H groups in total. The zero-order valence-corrected chi connectivity index (χ0v) is 8.36. The monoisotopic (exact) mass is 200 g/mol. The Morgan fingerprint density at radius 3 is 2.33 bits per heavy atom. The van der Waals surface area contributed by atoms with Crippen molar-refractivity contribution in [1.82, 2.24) is 9.97 Å². The van der Waals surface area contributed by atoms with Gasteiger partial charge in [-0.2, -0.15) is 0 Å². The SMILES string of the molecule is C.Cc1ccc(-c2cccc(C)n2)cn1. The van der Waals surface area contributed by atoms with E-state index in [-0.39, 0.29) is 7.43 Å². The van der Waals surface area contributed by atoms with Gasteiger partial charge in [-0.25, -0.2) is 0 Å². The Morgan fingerprint density at radius 2 is 1.73 bits per heavy atom. The normalized spacial score (nSPS) is 9.47. The van der Waals surface area contributed by atoms with Crippen molar-refractivity contribution in [2.75, 3.05) is 0 Å². The topological polar surface area (TPSA) is 25.8 Å². The molecule has 2 rings (SSSR count). The quantitative estimate of drug-likeness (QED) is 0.705. The standard InChI is InChI=1S/C12H12N2.CH4/c1-9-6-7-11(8-13-9)12-5-3-4-10(2)14-12;/h3-8H,1-2H3;1H4. The van der Waals surface area contributed by atoms with Crippen molar-refractivity contribution in [3.63, 3.8) is 0 Å². The van der Waals surface area contributed by atoms with Crippen molar-refractivity contribution in [2.45, 2.75) is 21.3 Å². The van der Waals surface area contributed by atoms with Crippen LogP contribution in [0, 0.1) is 13.8 Å². The third kappa shape index (κ3) is 2.62. The molecular formula is C13H16N2. The highest BCUT2D eigenvalue weighted by Crippen LogP contribution is 2.15. The predicted molar refractivity (Wildman–Crippen MR) is 63.7 cm³/mol. The molecule has 0 aromatic carbocycles. The van der Waals surface area contributed by atoms with Crippen LogP contribution >= 0.6 is 0 Å². The average molecular weight is 200 g/mol. The van der Waals surface area contributed by atoms with Crippen LogP contribution in [-0.4, -0.2) is 9.97 Å². The van der Waals surface area contributed by atoms with Crippen molar-refractivity contribution in [2.24, 2.45) is 0 Å². The van der Waals surface area contributed by atoms with E-state index < -0.39 is 0 Å². The van der Waals surface area contributed by atoms with Crippen LogP contribution in [0.3, 0.4) is 0 Å². The van der Waals surface area contributed by atoms with Gasteiger partial charge in [-0.1, -0.05) is 13.5 Å². The van der Waals surface area contributed by atoms with Crippen LogP contribution in [0.4, 0.5) is 0 Å². The Morgan fingerprint density at radius 1 is 0.933 bits per heavy atom. The van der Waals surface area contributed by atoms with Gasteiger partial charge in [0, 0.05) is 23.1 Å². The summed E-state index contributed by atoms with van der Waals surface area (Å²) < 4.78 is 0. The number of hydrogen-bond acceptors (Lipinski definition) is 2. The van der Waals surface area contributed by atoms with E-state index >= 15 is 0 Å². The van der Waals surface area contributed by atoms with Crippen molar-refractivity contribution < 1.29 is 0 Å². The van der Waals surface area contributed by atoms with Crippen LogP contribution in [0.2, 0.25) is 0 Å². The van der Waals surface area contributed by atoms with Gasteiger partial charge in [0.25, 0.3) is 0 Å². The summed E-state index contributed by atoms with van der Waals surface area (Å²) in [6, 6.07) is 10.0. The molecule has 78 valence electrons. The van der Waals surface area contributed by atoms with Crippen LogP contribution in [0.5, 0.6) is 0 Å². The molecular weight excluding hydrogens is 184 g/mol. The molecule has 2 aromatic heterocycles. The third-order valence-corrected chi connectivity index (χ3v) is 2.10. The van der Waals surface area contributed by atoms with Gasteiger partial charge < -0.3 is 0 Å². The first-order chi connectivity index (χ1) is 6.75. The summed E-state index contributed by atoms with van der Waals surface area (Å²) in [6.07, 6.45) is 1.86. The molecule has 15 heavy (non-hydrogen) atoms. The van der Waals surface area contributed by atoms with Crippen LogP contribution in [0.1, 0.15) is 18.8 Å². The maximum atomic E-state index is 4.43. The fourth-order valence-electron chi connectivity index (χ4n) is 1.32. The molecule has 0 aliphatic carbocycles. The molecule has 0 spiro atoms. The summed E-state index contributed by atoms with van der Waals surface area (Å²) in [7, 11) is 0. The summed E-state index contributed by atoms with van der Waals surface area (Å²) >= 11 is 0. The largest absolute Gasteiger partial charge is 0.261 e. The summed E-state index contributed by atoms with van der Waals surface area (Å²) in [6.45, 7) is 3.97. The second-order valence-corrected chi connectivity index (χ2v) is 3.35. The minimum atomic E-state index is 0.